The molecule has 1 nitrogen and oxygen atoms in total. The molecule has 0 aromatic carbocycles. The summed E-state index contributed by atoms with van der Waals surface area (Å²) in [6.45, 7) is 2.25. The molecule has 1 heteroatoms. The second kappa shape index (κ2) is 7.73. The Labute approximate surface area is 119 Å². The van der Waals surface area contributed by atoms with Gasteiger partial charge in [0.25, 0.3) is 0 Å². The van der Waals surface area contributed by atoms with E-state index >= 15 is 0 Å². The van der Waals surface area contributed by atoms with E-state index in [2.05, 4.69) is 25.1 Å². The first kappa shape index (κ1) is 14.6. The molecule has 0 unspecified atom stereocenters. The molecule has 2 aliphatic rings. The molecule has 0 aromatic heterocycles. The molecular weight excluding hydrogens is 230 g/mol. The second-order valence-electron chi connectivity index (χ2n) is 6.63. The maximum Gasteiger partial charge on any atom is 0.0655 e. The lowest BCUT2D eigenvalue weighted by molar-refractivity contribution is 0.168. The van der Waals surface area contributed by atoms with Gasteiger partial charge < -0.3 is 0 Å². The molecule has 2 rings (SSSR count). The zero-order chi connectivity index (χ0) is 13.5. The molecule has 2 saturated carbocycles. The molecule has 0 amide bonds. The fourth-order valence-corrected chi connectivity index (χ4v) is 3.98. The number of nitrogens with zero attached hydrogens (tertiary/aromatic N) is 1. The topological polar surface area (TPSA) is 23.8 Å². The highest BCUT2D eigenvalue weighted by molar-refractivity contribution is 4.93. The largest absolute Gasteiger partial charge is 0.198 e. The summed E-state index contributed by atoms with van der Waals surface area (Å²) in [6.07, 6.45) is 18.0. The summed E-state index contributed by atoms with van der Waals surface area (Å²) in [5.41, 5.74) is 0. The van der Waals surface area contributed by atoms with Crippen LogP contribution in [0.4, 0.5) is 0 Å². The molecule has 0 radical (unpaired) electrons. The van der Waals surface area contributed by atoms with E-state index in [9.17, 15) is 0 Å². The van der Waals surface area contributed by atoms with Gasteiger partial charge in [0, 0.05) is 5.92 Å². The first-order chi connectivity index (χ1) is 9.33. The van der Waals surface area contributed by atoms with E-state index < -0.39 is 0 Å². The van der Waals surface area contributed by atoms with Gasteiger partial charge in [-0.1, -0.05) is 25.5 Å². The monoisotopic (exact) mass is 259 g/mol. The minimum Gasteiger partial charge on any atom is -0.198 e. The van der Waals surface area contributed by atoms with Crippen LogP contribution >= 0.6 is 0 Å². The molecule has 0 atom stereocenters. The van der Waals surface area contributed by atoms with Crippen LogP contribution in [0.5, 0.6) is 0 Å². The molecule has 2 aliphatic carbocycles. The highest BCUT2D eigenvalue weighted by Gasteiger charge is 2.30. The average molecular weight is 259 g/mol. The van der Waals surface area contributed by atoms with Crippen molar-refractivity contribution in [2.75, 3.05) is 0 Å². The highest BCUT2D eigenvalue weighted by Crippen LogP contribution is 2.41. The molecule has 0 saturated heterocycles. The van der Waals surface area contributed by atoms with Gasteiger partial charge in [0.2, 0.25) is 0 Å². The summed E-state index contributed by atoms with van der Waals surface area (Å²) in [6, 6.07) is 2.45. The summed E-state index contributed by atoms with van der Waals surface area (Å²) in [4.78, 5) is 0. The van der Waals surface area contributed by atoms with Crippen LogP contribution < -0.4 is 0 Å². The number of allylic oxidation sites excluding steroid dienone is 2. The van der Waals surface area contributed by atoms with E-state index in [1.165, 1.54) is 51.4 Å². The van der Waals surface area contributed by atoms with Gasteiger partial charge in [0.1, 0.15) is 0 Å². The van der Waals surface area contributed by atoms with Gasteiger partial charge in [-0.15, -0.1) is 0 Å². The Hall–Kier alpha value is -0.770. The zero-order valence-corrected chi connectivity index (χ0v) is 12.5. The predicted octanol–water partition coefficient (Wildman–Crippen LogP) is 5.48. The summed E-state index contributed by atoms with van der Waals surface area (Å²) in [5, 5.41) is 8.97. The fourth-order valence-electron chi connectivity index (χ4n) is 3.98. The van der Waals surface area contributed by atoms with Crippen molar-refractivity contribution in [1.82, 2.24) is 0 Å². The van der Waals surface area contributed by atoms with E-state index in [-0.39, 0.29) is 0 Å². The van der Waals surface area contributed by atoms with Crippen molar-refractivity contribution in [3.05, 3.63) is 12.2 Å². The normalized spacial score (nSPS) is 36.2. The van der Waals surface area contributed by atoms with E-state index in [1.54, 1.807) is 0 Å². The van der Waals surface area contributed by atoms with Crippen LogP contribution in [-0.2, 0) is 0 Å². The summed E-state index contributed by atoms with van der Waals surface area (Å²) >= 11 is 0. The van der Waals surface area contributed by atoms with Crippen LogP contribution in [0.15, 0.2) is 12.2 Å². The van der Waals surface area contributed by atoms with Gasteiger partial charge in [-0.2, -0.15) is 5.26 Å². The van der Waals surface area contributed by atoms with Crippen molar-refractivity contribution in [2.45, 2.75) is 71.1 Å². The van der Waals surface area contributed by atoms with Crippen molar-refractivity contribution in [2.24, 2.45) is 23.7 Å². The number of hydrogen-bond donors (Lipinski definition) is 0. The van der Waals surface area contributed by atoms with Gasteiger partial charge in [0.15, 0.2) is 0 Å². The van der Waals surface area contributed by atoms with E-state index in [0.29, 0.717) is 5.92 Å². The Morgan fingerprint density at radius 2 is 1.53 bits per heavy atom. The standard InChI is InChI=1S/C18H29N/c1-2-3-4-5-15-6-10-17(11-7-15)18-12-8-16(14-19)9-13-18/h4-5,15-18H,2-3,6-13H2,1H3/b5-4+. The van der Waals surface area contributed by atoms with Crippen LogP contribution in [0, 0.1) is 35.0 Å². The molecule has 19 heavy (non-hydrogen) atoms. The van der Waals surface area contributed by atoms with Crippen molar-refractivity contribution >= 4 is 0 Å². The van der Waals surface area contributed by atoms with Gasteiger partial charge in [-0.3, -0.25) is 0 Å². The van der Waals surface area contributed by atoms with Crippen LogP contribution in [-0.4, -0.2) is 0 Å². The van der Waals surface area contributed by atoms with Crippen molar-refractivity contribution in [3.8, 4) is 6.07 Å². The Bertz CT molecular complexity index is 309. The van der Waals surface area contributed by atoms with E-state index in [1.807, 2.05) is 0 Å². The third kappa shape index (κ3) is 4.37. The lowest BCUT2D eigenvalue weighted by atomic mass is 9.69. The summed E-state index contributed by atoms with van der Waals surface area (Å²) < 4.78 is 0. The molecule has 0 aromatic rings. The number of hydrogen-bond acceptors (Lipinski definition) is 1. The molecule has 2 fully saturated rings. The minimum atomic E-state index is 0.365. The molecular formula is C18H29N. The Morgan fingerprint density at radius 1 is 0.947 bits per heavy atom. The third-order valence-corrected chi connectivity index (χ3v) is 5.30. The van der Waals surface area contributed by atoms with Crippen molar-refractivity contribution < 1.29 is 0 Å². The van der Waals surface area contributed by atoms with E-state index in [0.717, 1.165) is 30.6 Å². The van der Waals surface area contributed by atoms with Gasteiger partial charge in [-0.05, 0) is 75.5 Å². The number of rotatable bonds is 4. The molecule has 0 N–H and O–H groups in total. The number of nitriles is 1. The van der Waals surface area contributed by atoms with Gasteiger partial charge in [0.05, 0.1) is 6.07 Å². The smallest absolute Gasteiger partial charge is 0.0655 e. The summed E-state index contributed by atoms with van der Waals surface area (Å²) in [5.74, 6) is 3.13. The van der Waals surface area contributed by atoms with Crippen LogP contribution in [0.3, 0.4) is 0 Å². The zero-order valence-electron chi connectivity index (χ0n) is 12.5. The molecule has 0 heterocycles. The lowest BCUT2D eigenvalue weighted by Crippen LogP contribution is -2.25. The van der Waals surface area contributed by atoms with Gasteiger partial charge >= 0.3 is 0 Å². The average Bonchev–Trinajstić information content (AvgIpc) is 2.48. The Morgan fingerprint density at radius 3 is 2.05 bits per heavy atom. The predicted molar refractivity (Wildman–Crippen MR) is 80.6 cm³/mol. The van der Waals surface area contributed by atoms with Crippen molar-refractivity contribution in [3.63, 3.8) is 0 Å². The quantitative estimate of drug-likeness (QED) is 0.613. The van der Waals surface area contributed by atoms with Crippen LogP contribution in [0.25, 0.3) is 0 Å². The van der Waals surface area contributed by atoms with Crippen molar-refractivity contribution in [1.29, 1.82) is 5.26 Å². The fraction of sp³-hybridized carbons (Fsp3) is 0.833. The first-order valence-electron chi connectivity index (χ1n) is 8.39. The molecule has 106 valence electrons. The van der Waals surface area contributed by atoms with Crippen LogP contribution in [0.2, 0.25) is 0 Å². The minimum absolute atomic E-state index is 0.365. The maximum atomic E-state index is 8.97. The third-order valence-electron chi connectivity index (χ3n) is 5.30. The highest BCUT2D eigenvalue weighted by atomic mass is 14.4. The summed E-state index contributed by atoms with van der Waals surface area (Å²) in [7, 11) is 0. The Balaban J connectivity index is 1.70. The maximum absolute atomic E-state index is 8.97. The first-order valence-corrected chi connectivity index (χ1v) is 8.39. The Kier molecular flexibility index (Phi) is 5.95. The molecule has 0 aliphatic heterocycles. The molecule has 0 bridgehead atoms. The SMILES string of the molecule is CCC/C=C/C1CCC(C2CCC(C#N)CC2)CC1. The lowest BCUT2D eigenvalue weighted by Gasteiger charge is -2.36. The van der Waals surface area contributed by atoms with Gasteiger partial charge in [-0.25, -0.2) is 0 Å². The van der Waals surface area contributed by atoms with E-state index in [4.69, 9.17) is 5.26 Å². The van der Waals surface area contributed by atoms with Crippen LogP contribution in [0.1, 0.15) is 71.1 Å². The number of unbranched alkanes of at least 4 members (excludes halogenated alkanes) is 1. The molecule has 0 spiro atoms. The second-order valence-corrected chi connectivity index (χ2v) is 6.63.